The van der Waals surface area contributed by atoms with Crippen LogP contribution in [-0.4, -0.2) is 23.5 Å². The van der Waals surface area contributed by atoms with Gasteiger partial charge < -0.3 is 20.2 Å². The molecule has 0 aliphatic heterocycles. The third-order valence-corrected chi connectivity index (χ3v) is 3.29. The number of anilines is 1. The van der Waals surface area contributed by atoms with Crippen LogP contribution in [0.1, 0.15) is 23.7 Å². The third-order valence-electron chi connectivity index (χ3n) is 3.29. The second kappa shape index (κ2) is 7.84. The van der Waals surface area contributed by atoms with Crippen molar-refractivity contribution in [1.29, 1.82) is 0 Å². The van der Waals surface area contributed by atoms with Crippen LogP contribution in [0.25, 0.3) is 0 Å². The van der Waals surface area contributed by atoms with E-state index in [9.17, 15) is 27.9 Å². The molecule has 3 N–H and O–H groups in total. The number of benzene rings is 1. The van der Waals surface area contributed by atoms with Gasteiger partial charge in [0.25, 0.3) is 0 Å². The Labute approximate surface area is 140 Å². The van der Waals surface area contributed by atoms with Gasteiger partial charge in [0.05, 0.1) is 24.2 Å². The van der Waals surface area contributed by atoms with Gasteiger partial charge in [-0.3, -0.25) is 9.59 Å². The van der Waals surface area contributed by atoms with Crippen molar-refractivity contribution in [2.24, 2.45) is 0 Å². The summed E-state index contributed by atoms with van der Waals surface area (Å²) in [4.78, 5) is 23.3. The van der Waals surface area contributed by atoms with Crippen LogP contribution in [0.3, 0.4) is 0 Å². The number of rotatable bonds is 5. The Balaban J connectivity index is 1.83. The minimum Gasteiger partial charge on any atom is -0.472 e. The van der Waals surface area contributed by atoms with E-state index < -0.39 is 29.7 Å². The molecule has 0 fully saturated rings. The van der Waals surface area contributed by atoms with E-state index in [1.54, 1.807) is 6.07 Å². The molecule has 0 bridgehead atoms. The summed E-state index contributed by atoms with van der Waals surface area (Å²) in [6, 6.07) is 5.51. The van der Waals surface area contributed by atoms with E-state index in [1.165, 1.54) is 18.6 Å². The first-order valence-electron chi connectivity index (χ1n) is 7.24. The van der Waals surface area contributed by atoms with Crippen molar-refractivity contribution >= 4 is 17.5 Å². The van der Waals surface area contributed by atoms with Gasteiger partial charge in [-0.05, 0) is 30.7 Å². The summed E-state index contributed by atoms with van der Waals surface area (Å²) in [6.45, 7) is 0.00118. The van der Waals surface area contributed by atoms with Crippen molar-refractivity contribution in [3.05, 3.63) is 54.0 Å². The van der Waals surface area contributed by atoms with Gasteiger partial charge in [0, 0.05) is 17.8 Å². The summed E-state index contributed by atoms with van der Waals surface area (Å²) in [7, 11) is 0. The van der Waals surface area contributed by atoms with E-state index in [0.29, 0.717) is 5.56 Å². The summed E-state index contributed by atoms with van der Waals surface area (Å²) >= 11 is 0. The first-order valence-corrected chi connectivity index (χ1v) is 7.24. The Morgan fingerprint density at radius 2 is 1.96 bits per heavy atom. The van der Waals surface area contributed by atoms with E-state index in [4.69, 9.17) is 4.42 Å². The van der Waals surface area contributed by atoms with Crippen molar-refractivity contribution in [3.63, 3.8) is 0 Å². The van der Waals surface area contributed by atoms with Gasteiger partial charge in [-0.25, -0.2) is 0 Å². The number of amides is 2. The van der Waals surface area contributed by atoms with Crippen LogP contribution in [-0.2, 0) is 15.8 Å². The van der Waals surface area contributed by atoms with Crippen LogP contribution in [0.5, 0.6) is 0 Å². The Hall–Kier alpha value is -2.81. The number of alkyl halides is 3. The van der Waals surface area contributed by atoms with Crippen LogP contribution >= 0.6 is 0 Å². The first-order chi connectivity index (χ1) is 11.8. The molecule has 0 aliphatic rings. The van der Waals surface area contributed by atoms with Crippen molar-refractivity contribution < 1.29 is 32.3 Å². The summed E-state index contributed by atoms with van der Waals surface area (Å²) in [6.07, 6.45) is -2.54. The molecule has 2 aromatic rings. The highest BCUT2D eigenvalue weighted by Crippen LogP contribution is 2.30. The Bertz CT molecular complexity index is 729. The number of carbonyl (C=O) groups is 2. The molecule has 0 saturated heterocycles. The molecule has 6 nitrogen and oxygen atoms in total. The minimum atomic E-state index is -4.55. The lowest BCUT2D eigenvalue weighted by atomic mass is 10.1. The summed E-state index contributed by atoms with van der Waals surface area (Å²) in [5, 5.41) is 14.2. The highest BCUT2D eigenvalue weighted by atomic mass is 19.4. The maximum absolute atomic E-state index is 12.6. The van der Waals surface area contributed by atoms with Gasteiger partial charge >= 0.3 is 18.0 Å². The van der Waals surface area contributed by atoms with E-state index in [1.807, 2.05) is 0 Å². The molecule has 1 aromatic heterocycles. The maximum Gasteiger partial charge on any atom is 0.416 e. The molecule has 1 heterocycles. The molecule has 1 atom stereocenters. The number of halogens is 3. The molecule has 0 saturated carbocycles. The minimum absolute atomic E-state index is 0.00118. The smallest absolute Gasteiger partial charge is 0.416 e. The van der Waals surface area contributed by atoms with E-state index >= 15 is 0 Å². The van der Waals surface area contributed by atoms with Gasteiger partial charge in [-0.15, -0.1) is 0 Å². The summed E-state index contributed by atoms with van der Waals surface area (Å²) in [5.41, 5.74) is -0.551. The molecule has 9 heteroatoms. The van der Waals surface area contributed by atoms with Gasteiger partial charge in [-0.2, -0.15) is 13.2 Å². The zero-order valence-corrected chi connectivity index (χ0v) is 12.8. The van der Waals surface area contributed by atoms with Gasteiger partial charge in [0.2, 0.25) is 0 Å². The number of aliphatic hydroxyl groups is 1. The second-order valence-electron chi connectivity index (χ2n) is 5.15. The predicted molar refractivity (Wildman–Crippen MR) is 81.4 cm³/mol. The third kappa shape index (κ3) is 5.35. The number of aliphatic hydroxyl groups excluding tert-OH is 1. The molecule has 2 rings (SSSR count). The highest BCUT2D eigenvalue weighted by Gasteiger charge is 2.30. The number of carbonyl (C=O) groups excluding carboxylic acids is 2. The van der Waals surface area contributed by atoms with Crippen LogP contribution in [0.2, 0.25) is 0 Å². The molecule has 0 spiro atoms. The molecule has 0 radical (unpaired) electrons. The zero-order valence-electron chi connectivity index (χ0n) is 12.8. The maximum atomic E-state index is 12.6. The van der Waals surface area contributed by atoms with Gasteiger partial charge in [-0.1, -0.05) is 6.07 Å². The number of hydrogen-bond donors (Lipinski definition) is 3. The highest BCUT2D eigenvalue weighted by molar-refractivity contribution is 6.39. The molecule has 25 heavy (non-hydrogen) atoms. The summed E-state index contributed by atoms with van der Waals surface area (Å²) < 4.78 is 42.6. The fourth-order valence-corrected chi connectivity index (χ4v) is 2.00. The lowest BCUT2D eigenvalue weighted by molar-refractivity contribution is -0.137. The molecule has 1 aromatic carbocycles. The molecular weight excluding hydrogens is 341 g/mol. The van der Waals surface area contributed by atoms with Crippen LogP contribution in [0.15, 0.2) is 47.3 Å². The average Bonchev–Trinajstić information content (AvgIpc) is 3.08. The van der Waals surface area contributed by atoms with Crippen LogP contribution in [0.4, 0.5) is 18.9 Å². The summed E-state index contributed by atoms with van der Waals surface area (Å²) in [5.74, 6) is -2.12. The fraction of sp³-hybridized carbons (Fsp3) is 0.250. The predicted octanol–water partition coefficient (Wildman–Crippen LogP) is 2.48. The van der Waals surface area contributed by atoms with E-state index in [2.05, 4.69) is 10.6 Å². The van der Waals surface area contributed by atoms with Crippen LogP contribution < -0.4 is 10.6 Å². The lowest BCUT2D eigenvalue weighted by Crippen LogP contribution is -2.36. The SMILES string of the molecule is O=C(NCCC(O)c1ccoc1)C(=O)Nc1cccc(C(F)(F)F)c1. The number of hydrogen-bond acceptors (Lipinski definition) is 4. The van der Waals surface area contributed by atoms with Crippen molar-refractivity contribution in [2.45, 2.75) is 18.7 Å². The van der Waals surface area contributed by atoms with Crippen molar-refractivity contribution in [2.75, 3.05) is 11.9 Å². The normalized spacial score (nSPS) is 12.5. The average molecular weight is 356 g/mol. The quantitative estimate of drug-likeness (QED) is 0.718. The molecular formula is C16H15F3N2O4. The van der Waals surface area contributed by atoms with Crippen molar-refractivity contribution in [3.8, 4) is 0 Å². The largest absolute Gasteiger partial charge is 0.472 e. The van der Waals surface area contributed by atoms with Crippen LogP contribution in [0, 0.1) is 0 Å². The number of furan rings is 1. The Kier molecular flexibility index (Phi) is 5.81. The Morgan fingerprint density at radius 3 is 2.60 bits per heavy atom. The Morgan fingerprint density at radius 1 is 1.20 bits per heavy atom. The molecule has 1 unspecified atom stereocenters. The fourth-order valence-electron chi connectivity index (χ4n) is 2.00. The monoisotopic (exact) mass is 356 g/mol. The topological polar surface area (TPSA) is 91.6 Å². The van der Waals surface area contributed by atoms with Crippen molar-refractivity contribution in [1.82, 2.24) is 5.32 Å². The lowest BCUT2D eigenvalue weighted by Gasteiger charge is -2.11. The second-order valence-corrected chi connectivity index (χ2v) is 5.15. The van der Waals surface area contributed by atoms with E-state index in [0.717, 1.165) is 18.2 Å². The molecule has 0 aliphatic carbocycles. The molecule has 2 amide bonds. The molecule has 134 valence electrons. The first kappa shape index (κ1) is 18.5. The van der Waals surface area contributed by atoms with Gasteiger partial charge in [0.1, 0.15) is 0 Å². The number of nitrogens with one attached hydrogen (secondary N) is 2. The standard InChI is InChI=1S/C16H15F3N2O4/c17-16(18,19)11-2-1-3-12(8-11)21-15(24)14(23)20-6-4-13(22)10-5-7-25-9-10/h1-3,5,7-9,13,22H,4,6H2,(H,20,23)(H,21,24). The van der Waals surface area contributed by atoms with E-state index in [-0.39, 0.29) is 18.7 Å². The zero-order chi connectivity index (χ0) is 18.4. The van der Waals surface area contributed by atoms with Gasteiger partial charge in [0.15, 0.2) is 0 Å².